The fraction of sp³-hybridized carbons (Fsp3) is 0.222. The Morgan fingerprint density at radius 3 is 2.17 bits per heavy atom. The van der Waals surface area contributed by atoms with Crippen LogP contribution in [0.3, 0.4) is 0 Å². The zero-order chi connectivity index (χ0) is 16.7. The third-order valence-corrected chi connectivity index (χ3v) is 3.55. The Bertz CT molecular complexity index is 644. The second-order valence-electron chi connectivity index (χ2n) is 5.08. The van der Waals surface area contributed by atoms with E-state index in [9.17, 15) is 9.59 Å². The number of carbonyl (C=O) groups excluding carboxylic acids is 2. The van der Waals surface area contributed by atoms with Gasteiger partial charge in [0.15, 0.2) is 0 Å². The van der Waals surface area contributed by atoms with Crippen molar-refractivity contribution in [2.75, 3.05) is 14.2 Å². The van der Waals surface area contributed by atoms with Crippen molar-refractivity contribution in [1.82, 2.24) is 10.4 Å². The van der Waals surface area contributed by atoms with Crippen LogP contribution in [0.5, 0.6) is 0 Å². The maximum atomic E-state index is 12.4. The molecule has 0 saturated carbocycles. The number of hydrogen-bond donors (Lipinski definition) is 1. The predicted octanol–water partition coefficient (Wildman–Crippen LogP) is 2.57. The Labute approximate surface area is 135 Å². The Morgan fingerprint density at radius 1 is 1.04 bits per heavy atom. The summed E-state index contributed by atoms with van der Waals surface area (Å²) in [7, 11) is 2.97. The van der Waals surface area contributed by atoms with Gasteiger partial charge in [-0.1, -0.05) is 48.5 Å². The van der Waals surface area contributed by atoms with E-state index in [0.717, 1.165) is 10.6 Å². The standard InChI is InChI=1S/C18H20N2O3/c1-20(23-2)17(21)13-16(14-9-5-3-6-10-14)19-18(22)15-11-7-4-8-12-15/h3-12,16H,13H2,1-2H3,(H,19,22). The van der Waals surface area contributed by atoms with Crippen LogP contribution >= 0.6 is 0 Å². The monoisotopic (exact) mass is 312 g/mol. The number of hydrogen-bond acceptors (Lipinski definition) is 3. The van der Waals surface area contributed by atoms with Crippen molar-refractivity contribution < 1.29 is 14.4 Å². The van der Waals surface area contributed by atoms with E-state index in [0.29, 0.717) is 5.56 Å². The highest BCUT2D eigenvalue weighted by atomic mass is 16.7. The molecular formula is C18H20N2O3. The second-order valence-corrected chi connectivity index (χ2v) is 5.08. The molecule has 2 amide bonds. The fourth-order valence-corrected chi connectivity index (χ4v) is 2.17. The molecule has 0 radical (unpaired) electrons. The van der Waals surface area contributed by atoms with Gasteiger partial charge in [-0.2, -0.15) is 0 Å². The van der Waals surface area contributed by atoms with E-state index in [4.69, 9.17) is 4.84 Å². The van der Waals surface area contributed by atoms with Gasteiger partial charge < -0.3 is 5.32 Å². The zero-order valence-corrected chi connectivity index (χ0v) is 13.2. The van der Waals surface area contributed by atoms with Crippen molar-refractivity contribution >= 4 is 11.8 Å². The Morgan fingerprint density at radius 2 is 1.61 bits per heavy atom. The molecule has 2 rings (SSSR count). The maximum absolute atomic E-state index is 12.4. The normalized spacial score (nSPS) is 11.6. The summed E-state index contributed by atoms with van der Waals surface area (Å²) in [5, 5.41) is 4.07. The number of rotatable bonds is 6. The highest BCUT2D eigenvalue weighted by Gasteiger charge is 2.21. The van der Waals surface area contributed by atoms with Gasteiger partial charge >= 0.3 is 0 Å². The van der Waals surface area contributed by atoms with Crippen molar-refractivity contribution in [2.45, 2.75) is 12.5 Å². The summed E-state index contributed by atoms with van der Waals surface area (Å²) in [6.45, 7) is 0. The summed E-state index contributed by atoms with van der Waals surface area (Å²) in [4.78, 5) is 29.4. The van der Waals surface area contributed by atoms with Crippen molar-refractivity contribution in [2.24, 2.45) is 0 Å². The van der Waals surface area contributed by atoms with Gasteiger partial charge in [0.1, 0.15) is 0 Å². The van der Waals surface area contributed by atoms with Crippen molar-refractivity contribution in [3.8, 4) is 0 Å². The highest BCUT2D eigenvalue weighted by molar-refractivity contribution is 5.94. The van der Waals surface area contributed by atoms with Crippen LogP contribution in [0.2, 0.25) is 0 Å². The molecule has 0 aliphatic rings. The first-order chi connectivity index (χ1) is 11.1. The Balaban J connectivity index is 2.17. The third kappa shape index (κ3) is 4.66. The number of hydroxylamine groups is 2. The topological polar surface area (TPSA) is 58.6 Å². The van der Waals surface area contributed by atoms with Crippen LogP contribution in [0.1, 0.15) is 28.4 Å². The van der Waals surface area contributed by atoms with Crippen LogP contribution in [0.25, 0.3) is 0 Å². The second kappa shape index (κ2) is 8.10. The smallest absolute Gasteiger partial charge is 0.251 e. The van der Waals surface area contributed by atoms with E-state index >= 15 is 0 Å². The lowest BCUT2D eigenvalue weighted by Crippen LogP contribution is -2.34. The van der Waals surface area contributed by atoms with E-state index in [1.165, 1.54) is 7.11 Å². The van der Waals surface area contributed by atoms with E-state index in [2.05, 4.69) is 5.32 Å². The molecule has 1 unspecified atom stereocenters. The molecular weight excluding hydrogens is 292 g/mol. The summed E-state index contributed by atoms with van der Waals surface area (Å²) in [6, 6.07) is 17.9. The summed E-state index contributed by atoms with van der Waals surface area (Å²) in [6.07, 6.45) is 0.118. The van der Waals surface area contributed by atoms with Crippen LogP contribution in [0.15, 0.2) is 60.7 Å². The first-order valence-electron chi connectivity index (χ1n) is 7.33. The first kappa shape index (κ1) is 16.7. The first-order valence-corrected chi connectivity index (χ1v) is 7.33. The van der Waals surface area contributed by atoms with E-state index in [1.54, 1.807) is 31.3 Å². The van der Waals surface area contributed by atoms with Crippen LogP contribution in [0, 0.1) is 0 Å². The molecule has 1 atom stereocenters. The minimum absolute atomic E-state index is 0.118. The lowest BCUT2D eigenvalue weighted by molar-refractivity contribution is -0.169. The SMILES string of the molecule is CON(C)C(=O)CC(NC(=O)c1ccccc1)c1ccccc1. The number of nitrogens with one attached hydrogen (secondary N) is 1. The molecule has 0 saturated heterocycles. The van der Waals surface area contributed by atoms with E-state index in [1.807, 2.05) is 36.4 Å². The molecule has 23 heavy (non-hydrogen) atoms. The van der Waals surface area contributed by atoms with Crippen molar-refractivity contribution in [3.05, 3.63) is 71.8 Å². The minimum atomic E-state index is -0.422. The Hall–Kier alpha value is -2.66. The molecule has 0 aliphatic carbocycles. The molecule has 1 N–H and O–H groups in total. The van der Waals surface area contributed by atoms with Crippen LogP contribution in [-0.4, -0.2) is 31.0 Å². The van der Waals surface area contributed by atoms with Gasteiger partial charge in [-0.15, -0.1) is 0 Å². The molecule has 0 aromatic heterocycles. The summed E-state index contributed by atoms with van der Waals surface area (Å²) in [5.74, 6) is -0.429. The summed E-state index contributed by atoms with van der Waals surface area (Å²) in [5.41, 5.74) is 1.43. The molecule has 2 aromatic rings. The van der Waals surface area contributed by atoms with Crippen molar-refractivity contribution in [1.29, 1.82) is 0 Å². The number of benzene rings is 2. The predicted molar refractivity (Wildman–Crippen MR) is 87.5 cm³/mol. The van der Waals surface area contributed by atoms with Crippen LogP contribution in [0.4, 0.5) is 0 Å². The molecule has 2 aromatic carbocycles. The van der Waals surface area contributed by atoms with Gasteiger partial charge in [-0.05, 0) is 17.7 Å². The molecule has 0 aliphatic heterocycles. The third-order valence-electron chi connectivity index (χ3n) is 3.55. The van der Waals surface area contributed by atoms with E-state index < -0.39 is 6.04 Å². The van der Waals surface area contributed by atoms with E-state index in [-0.39, 0.29) is 18.2 Å². The largest absolute Gasteiger partial charge is 0.345 e. The van der Waals surface area contributed by atoms with Gasteiger partial charge in [0.2, 0.25) is 5.91 Å². The van der Waals surface area contributed by atoms with Gasteiger partial charge in [0.25, 0.3) is 5.91 Å². The number of nitrogens with zero attached hydrogens (tertiary/aromatic N) is 1. The average molecular weight is 312 g/mol. The van der Waals surface area contributed by atoms with Gasteiger partial charge in [0, 0.05) is 12.6 Å². The lowest BCUT2D eigenvalue weighted by Gasteiger charge is -2.21. The zero-order valence-electron chi connectivity index (χ0n) is 13.2. The number of carbonyl (C=O) groups is 2. The summed E-state index contributed by atoms with van der Waals surface area (Å²) < 4.78 is 0. The molecule has 5 heteroatoms. The van der Waals surface area contributed by atoms with Crippen LogP contribution < -0.4 is 5.32 Å². The molecule has 5 nitrogen and oxygen atoms in total. The van der Waals surface area contributed by atoms with Crippen molar-refractivity contribution in [3.63, 3.8) is 0 Å². The lowest BCUT2D eigenvalue weighted by atomic mass is 10.0. The van der Waals surface area contributed by atoms with Gasteiger partial charge in [-0.3, -0.25) is 14.4 Å². The van der Waals surface area contributed by atoms with Gasteiger partial charge in [-0.25, -0.2) is 5.06 Å². The van der Waals surface area contributed by atoms with Crippen LogP contribution in [-0.2, 0) is 9.63 Å². The fourth-order valence-electron chi connectivity index (χ4n) is 2.17. The molecule has 0 fully saturated rings. The van der Waals surface area contributed by atoms with Gasteiger partial charge in [0.05, 0.1) is 19.6 Å². The highest BCUT2D eigenvalue weighted by Crippen LogP contribution is 2.18. The minimum Gasteiger partial charge on any atom is -0.345 e. The summed E-state index contributed by atoms with van der Waals surface area (Å²) >= 11 is 0. The number of amides is 2. The average Bonchev–Trinajstić information content (AvgIpc) is 2.61. The Kier molecular flexibility index (Phi) is 5.88. The molecule has 0 spiro atoms. The quantitative estimate of drug-likeness (QED) is 0.834. The molecule has 120 valence electrons. The maximum Gasteiger partial charge on any atom is 0.251 e. The molecule has 0 heterocycles. The molecule has 0 bridgehead atoms.